The number of ether oxygens (including phenoxy) is 1. The summed E-state index contributed by atoms with van der Waals surface area (Å²) < 4.78 is 34.2. The Kier molecular flexibility index (Phi) is 10.9. The molecule has 0 aliphatic carbocycles. The van der Waals surface area contributed by atoms with Crippen molar-refractivity contribution in [1.82, 2.24) is 10.2 Å². The summed E-state index contributed by atoms with van der Waals surface area (Å²) in [5.41, 5.74) is 1.20. The molecule has 0 spiro atoms. The normalized spacial score (nSPS) is 12.4. The summed E-state index contributed by atoms with van der Waals surface area (Å²) in [4.78, 5) is 29.0. The Bertz CT molecular complexity index is 1480. The predicted octanol–water partition coefficient (Wildman–Crippen LogP) is 6.23. The minimum atomic E-state index is -4.24. The molecule has 0 unspecified atom stereocenters. The number of hydrogen-bond acceptors (Lipinski definition) is 5. The molecular weight excluding hydrogens is 597 g/mol. The van der Waals surface area contributed by atoms with E-state index in [-0.39, 0.29) is 33.1 Å². The lowest BCUT2D eigenvalue weighted by atomic mass is 10.1. The van der Waals surface area contributed by atoms with Gasteiger partial charge in [0, 0.05) is 22.1 Å². The average Bonchev–Trinajstić information content (AvgIpc) is 2.90. The van der Waals surface area contributed by atoms with Crippen LogP contribution >= 0.6 is 23.2 Å². The minimum absolute atomic E-state index is 0.00350. The fourth-order valence-electron chi connectivity index (χ4n) is 4.35. The first-order valence-corrected chi connectivity index (χ1v) is 15.6. The number of carbonyl (C=O) groups is 2. The van der Waals surface area contributed by atoms with Crippen LogP contribution in [0.4, 0.5) is 5.69 Å². The Hall–Kier alpha value is -3.27. The van der Waals surface area contributed by atoms with E-state index in [1.807, 2.05) is 27.7 Å². The smallest absolute Gasteiger partial charge is 0.264 e. The van der Waals surface area contributed by atoms with Gasteiger partial charge in [-0.3, -0.25) is 13.9 Å². The molecule has 3 aromatic carbocycles. The molecule has 2 amide bonds. The van der Waals surface area contributed by atoms with Crippen LogP contribution in [0.2, 0.25) is 10.0 Å². The molecule has 226 valence electrons. The highest BCUT2D eigenvalue weighted by atomic mass is 35.5. The van der Waals surface area contributed by atoms with Gasteiger partial charge in [0.15, 0.2) is 0 Å². The highest BCUT2D eigenvalue weighted by Gasteiger charge is 2.34. The fourth-order valence-corrected chi connectivity index (χ4v) is 6.26. The minimum Gasteiger partial charge on any atom is -0.497 e. The van der Waals surface area contributed by atoms with Crippen molar-refractivity contribution in [2.45, 2.75) is 64.1 Å². The second-order valence-corrected chi connectivity index (χ2v) is 13.7. The second kappa shape index (κ2) is 13.8. The summed E-state index contributed by atoms with van der Waals surface area (Å²) in [6.45, 7) is 8.68. The van der Waals surface area contributed by atoms with Crippen molar-refractivity contribution in [3.63, 3.8) is 0 Å². The third kappa shape index (κ3) is 8.63. The number of amides is 2. The Morgan fingerprint density at radius 2 is 1.52 bits per heavy atom. The first kappa shape index (κ1) is 33.2. The number of nitrogens with one attached hydrogen (secondary N) is 1. The van der Waals surface area contributed by atoms with Gasteiger partial charge in [-0.15, -0.1) is 0 Å². The van der Waals surface area contributed by atoms with Crippen LogP contribution in [0.5, 0.6) is 5.75 Å². The van der Waals surface area contributed by atoms with E-state index in [1.54, 1.807) is 50.4 Å². The maximum Gasteiger partial charge on any atom is 0.264 e. The van der Waals surface area contributed by atoms with Gasteiger partial charge in [0.1, 0.15) is 18.3 Å². The number of anilines is 1. The maximum absolute atomic E-state index is 14.2. The van der Waals surface area contributed by atoms with Crippen molar-refractivity contribution < 1.29 is 22.7 Å². The van der Waals surface area contributed by atoms with Crippen LogP contribution in [0, 0.1) is 6.92 Å². The third-order valence-corrected chi connectivity index (χ3v) is 8.64. The lowest BCUT2D eigenvalue weighted by Gasteiger charge is -2.35. The molecule has 0 saturated heterocycles. The molecule has 11 heteroatoms. The molecule has 0 saturated carbocycles. The van der Waals surface area contributed by atoms with Gasteiger partial charge in [-0.05, 0) is 82.1 Å². The monoisotopic (exact) mass is 633 g/mol. The lowest BCUT2D eigenvalue weighted by Crippen LogP contribution is -2.55. The molecule has 0 aliphatic rings. The SMILES string of the molecule is CC[C@@H](C(=O)NC(C)(C)C)N(Cc1ccc(OC)cc1)C(=O)CN(c1cc(Cl)cc(Cl)c1)S(=O)(=O)c1ccc(C)cc1. The number of nitrogens with zero attached hydrogens (tertiary/aromatic N) is 2. The zero-order valence-corrected chi connectivity index (χ0v) is 27.0. The molecule has 1 N–H and O–H groups in total. The second-order valence-electron chi connectivity index (χ2n) is 11.0. The quantitative estimate of drug-likeness (QED) is 0.270. The van der Waals surface area contributed by atoms with Crippen molar-refractivity contribution in [1.29, 1.82) is 0 Å². The van der Waals surface area contributed by atoms with Gasteiger partial charge in [-0.25, -0.2) is 8.42 Å². The summed E-state index contributed by atoms with van der Waals surface area (Å²) in [6, 6.07) is 16.9. The lowest BCUT2D eigenvalue weighted by molar-refractivity contribution is -0.141. The topological polar surface area (TPSA) is 96.0 Å². The van der Waals surface area contributed by atoms with Gasteiger partial charge in [-0.2, -0.15) is 0 Å². The van der Waals surface area contributed by atoms with Crippen LogP contribution in [-0.4, -0.2) is 50.4 Å². The van der Waals surface area contributed by atoms with Gasteiger partial charge >= 0.3 is 0 Å². The molecule has 1 atom stereocenters. The number of halogens is 2. The predicted molar refractivity (Wildman–Crippen MR) is 168 cm³/mol. The van der Waals surface area contributed by atoms with Gasteiger partial charge < -0.3 is 15.0 Å². The molecule has 0 aromatic heterocycles. The van der Waals surface area contributed by atoms with Crippen molar-refractivity contribution in [2.24, 2.45) is 0 Å². The number of benzene rings is 3. The number of methoxy groups -OCH3 is 1. The van der Waals surface area contributed by atoms with E-state index < -0.39 is 34.1 Å². The molecule has 0 fully saturated rings. The Balaban J connectivity index is 2.10. The molecule has 3 aromatic rings. The van der Waals surface area contributed by atoms with E-state index in [4.69, 9.17) is 27.9 Å². The van der Waals surface area contributed by atoms with Crippen LogP contribution in [0.1, 0.15) is 45.2 Å². The maximum atomic E-state index is 14.2. The molecule has 42 heavy (non-hydrogen) atoms. The van der Waals surface area contributed by atoms with E-state index >= 15 is 0 Å². The van der Waals surface area contributed by atoms with Crippen molar-refractivity contribution in [2.75, 3.05) is 18.0 Å². The summed E-state index contributed by atoms with van der Waals surface area (Å²) in [5, 5.41) is 3.37. The van der Waals surface area contributed by atoms with E-state index in [9.17, 15) is 18.0 Å². The first-order valence-electron chi connectivity index (χ1n) is 13.4. The number of hydrogen-bond donors (Lipinski definition) is 1. The van der Waals surface area contributed by atoms with Crippen molar-refractivity contribution in [3.05, 3.63) is 87.9 Å². The van der Waals surface area contributed by atoms with E-state index in [0.29, 0.717) is 12.2 Å². The van der Waals surface area contributed by atoms with E-state index in [0.717, 1.165) is 15.4 Å². The number of carbonyl (C=O) groups excluding carboxylic acids is 2. The summed E-state index contributed by atoms with van der Waals surface area (Å²) in [6.07, 6.45) is 0.303. The number of aryl methyl sites for hydroxylation is 1. The van der Waals surface area contributed by atoms with Crippen LogP contribution < -0.4 is 14.4 Å². The van der Waals surface area contributed by atoms with Gasteiger partial charge in [-0.1, -0.05) is 60.0 Å². The van der Waals surface area contributed by atoms with Crippen molar-refractivity contribution >= 4 is 50.7 Å². The third-order valence-electron chi connectivity index (χ3n) is 6.42. The summed E-state index contributed by atoms with van der Waals surface area (Å²) in [5.74, 6) is -0.276. The van der Waals surface area contributed by atoms with Gasteiger partial charge in [0.25, 0.3) is 10.0 Å². The Morgan fingerprint density at radius 1 is 0.952 bits per heavy atom. The summed E-state index contributed by atoms with van der Waals surface area (Å²) in [7, 11) is -2.69. The highest BCUT2D eigenvalue weighted by Crippen LogP contribution is 2.30. The average molecular weight is 635 g/mol. The van der Waals surface area contributed by atoms with Crippen LogP contribution in [0.15, 0.2) is 71.6 Å². The fraction of sp³-hybridized carbons (Fsp3) is 0.355. The standard InChI is InChI=1S/C31H37Cl2N3O5S/c1-7-28(30(38)34-31(3,4)5)35(19-22-10-12-26(41-6)13-11-22)29(37)20-36(25-17-23(32)16-24(33)18-25)42(39,40)27-14-8-21(2)9-15-27/h8-18,28H,7,19-20H2,1-6H3,(H,34,38)/t28-/m0/s1. The van der Waals surface area contributed by atoms with Crippen LogP contribution in [0.3, 0.4) is 0 Å². The Labute approximate surface area is 258 Å². The summed E-state index contributed by atoms with van der Waals surface area (Å²) >= 11 is 12.5. The molecule has 0 heterocycles. The first-order chi connectivity index (χ1) is 19.6. The molecule has 0 bridgehead atoms. The van der Waals surface area contributed by atoms with Crippen molar-refractivity contribution in [3.8, 4) is 5.75 Å². The molecule has 0 aliphatic heterocycles. The van der Waals surface area contributed by atoms with Gasteiger partial charge in [0.05, 0.1) is 17.7 Å². The number of sulfonamides is 1. The number of rotatable bonds is 11. The van der Waals surface area contributed by atoms with Crippen LogP contribution in [0.25, 0.3) is 0 Å². The van der Waals surface area contributed by atoms with Gasteiger partial charge in [0.2, 0.25) is 11.8 Å². The molecule has 8 nitrogen and oxygen atoms in total. The van der Waals surface area contributed by atoms with E-state index in [2.05, 4.69) is 5.32 Å². The molecule has 3 rings (SSSR count). The largest absolute Gasteiger partial charge is 0.497 e. The van der Waals surface area contributed by atoms with Crippen LogP contribution in [-0.2, 0) is 26.2 Å². The van der Waals surface area contributed by atoms with E-state index in [1.165, 1.54) is 35.2 Å². The Morgan fingerprint density at radius 3 is 2.02 bits per heavy atom. The highest BCUT2D eigenvalue weighted by molar-refractivity contribution is 7.92. The molecular formula is C31H37Cl2N3O5S. The molecule has 0 radical (unpaired) electrons. The zero-order valence-electron chi connectivity index (χ0n) is 24.6. The zero-order chi connectivity index (χ0) is 31.2.